The maximum Gasteiger partial charge on any atom is 0.264 e. The molecule has 0 saturated carbocycles. The van der Waals surface area contributed by atoms with Crippen molar-refractivity contribution in [2.45, 2.75) is 52.1 Å². The van der Waals surface area contributed by atoms with Gasteiger partial charge in [0.25, 0.3) is 10.0 Å². The topological polar surface area (TPSA) is 86.8 Å². The minimum Gasteiger partial charge on any atom is -0.355 e. The van der Waals surface area contributed by atoms with E-state index in [1.54, 1.807) is 50.2 Å². The number of nitrogens with zero attached hydrogens (tertiary/aromatic N) is 2. The predicted molar refractivity (Wildman–Crippen MR) is 154 cm³/mol. The molecule has 1 N–H and O–H groups in total. The number of likely N-dealkylation sites (N-methyl/N-ethyl adjacent to an activating group) is 1. The first kappa shape index (κ1) is 29.4. The van der Waals surface area contributed by atoms with Crippen LogP contribution in [0.4, 0.5) is 5.69 Å². The Bertz CT molecular complexity index is 1410. The van der Waals surface area contributed by atoms with Crippen LogP contribution in [0.15, 0.2) is 76.1 Å². The van der Waals surface area contributed by atoms with Crippen molar-refractivity contribution in [3.63, 3.8) is 0 Å². The highest BCUT2D eigenvalue weighted by Gasteiger charge is 2.32. The first-order chi connectivity index (χ1) is 17.9. The van der Waals surface area contributed by atoms with Gasteiger partial charge in [0.05, 0.1) is 10.6 Å². The molecule has 0 radical (unpaired) electrons. The van der Waals surface area contributed by atoms with Gasteiger partial charge in [-0.25, -0.2) is 8.42 Å². The molecule has 0 aliphatic heterocycles. The average Bonchev–Trinajstić information content (AvgIpc) is 2.87. The third kappa shape index (κ3) is 7.02. The predicted octanol–water partition coefficient (Wildman–Crippen LogP) is 5.12. The molecule has 1 atom stereocenters. The lowest BCUT2D eigenvalue weighted by molar-refractivity contribution is -0.139. The molecule has 0 fully saturated rings. The van der Waals surface area contributed by atoms with Crippen LogP contribution in [0.5, 0.6) is 0 Å². The molecule has 0 bridgehead atoms. The molecule has 0 spiro atoms. The van der Waals surface area contributed by atoms with E-state index in [2.05, 4.69) is 21.2 Å². The maximum atomic E-state index is 13.9. The van der Waals surface area contributed by atoms with Gasteiger partial charge in [0.15, 0.2) is 0 Å². The lowest BCUT2D eigenvalue weighted by atomic mass is 10.1. The maximum absolute atomic E-state index is 13.9. The number of anilines is 1. The monoisotopic (exact) mass is 599 g/mol. The quantitative estimate of drug-likeness (QED) is 0.350. The van der Waals surface area contributed by atoms with Crippen molar-refractivity contribution in [2.75, 3.05) is 17.4 Å². The number of nitrogens with one attached hydrogen (secondary N) is 1. The van der Waals surface area contributed by atoms with E-state index >= 15 is 0 Å². The molecule has 0 aromatic heterocycles. The number of sulfonamides is 1. The third-order valence-corrected chi connectivity index (χ3v) is 8.71. The molecule has 3 aromatic rings. The summed E-state index contributed by atoms with van der Waals surface area (Å²) in [7, 11) is -4.09. The van der Waals surface area contributed by atoms with Gasteiger partial charge in [-0.2, -0.15) is 0 Å². The second-order valence-corrected chi connectivity index (χ2v) is 12.1. The highest BCUT2D eigenvalue weighted by atomic mass is 79.9. The fourth-order valence-corrected chi connectivity index (χ4v) is 5.84. The fraction of sp³-hybridized carbons (Fsp3) is 0.310. The highest BCUT2D eigenvalue weighted by Crippen LogP contribution is 2.27. The number of carbonyl (C=O) groups excluding carboxylic acids is 2. The van der Waals surface area contributed by atoms with Crippen molar-refractivity contribution < 1.29 is 18.0 Å². The number of halogens is 1. The lowest BCUT2D eigenvalue weighted by Crippen LogP contribution is -2.51. The molecule has 38 heavy (non-hydrogen) atoms. The van der Waals surface area contributed by atoms with Crippen LogP contribution in [0.25, 0.3) is 0 Å². The van der Waals surface area contributed by atoms with Crippen LogP contribution in [0, 0.1) is 20.8 Å². The standard InChI is InChI=1S/C29H34BrN3O4S/c1-6-31-29(35)23(5)32(18-24-8-7-9-25(30)17-24)28(34)19-33(26-13-12-21(3)22(4)16-26)38(36,37)27-14-10-20(2)11-15-27/h7-17,23H,6,18-19H2,1-5H3,(H,31,35). The summed E-state index contributed by atoms with van der Waals surface area (Å²) in [5.41, 5.74) is 4.03. The van der Waals surface area contributed by atoms with Crippen LogP contribution < -0.4 is 9.62 Å². The Labute approximate surface area is 234 Å². The molecule has 3 rings (SSSR count). The second-order valence-electron chi connectivity index (χ2n) is 9.32. The van der Waals surface area contributed by atoms with Gasteiger partial charge in [-0.05, 0) is 87.7 Å². The van der Waals surface area contributed by atoms with Crippen molar-refractivity contribution in [3.05, 3.63) is 93.5 Å². The normalized spacial score (nSPS) is 12.1. The van der Waals surface area contributed by atoms with Crippen LogP contribution in [-0.2, 0) is 26.2 Å². The van der Waals surface area contributed by atoms with E-state index in [-0.39, 0.29) is 17.3 Å². The fourth-order valence-electron chi connectivity index (χ4n) is 3.98. The smallest absolute Gasteiger partial charge is 0.264 e. The zero-order chi connectivity index (χ0) is 28.0. The van der Waals surface area contributed by atoms with E-state index in [9.17, 15) is 18.0 Å². The van der Waals surface area contributed by atoms with E-state index in [0.29, 0.717) is 12.2 Å². The SMILES string of the molecule is CCNC(=O)C(C)N(Cc1cccc(Br)c1)C(=O)CN(c1ccc(C)c(C)c1)S(=O)(=O)c1ccc(C)cc1. The van der Waals surface area contributed by atoms with Gasteiger partial charge in [0, 0.05) is 17.6 Å². The second kappa shape index (κ2) is 12.6. The summed E-state index contributed by atoms with van der Waals surface area (Å²) in [5, 5.41) is 2.76. The summed E-state index contributed by atoms with van der Waals surface area (Å²) in [6.07, 6.45) is 0. The molecule has 0 aliphatic carbocycles. The molecule has 9 heteroatoms. The Hall–Kier alpha value is -3.17. The zero-order valence-corrected chi connectivity index (χ0v) is 24.8. The van der Waals surface area contributed by atoms with Crippen molar-refractivity contribution in [2.24, 2.45) is 0 Å². The molecular formula is C29H34BrN3O4S. The minimum atomic E-state index is -4.09. The summed E-state index contributed by atoms with van der Waals surface area (Å²) in [5.74, 6) is -0.799. The molecular weight excluding hydrogens is 566 g/mol. The van der Waals surface area contributed by atoms with E-state index in [0.717, 1.165) is 31.0 Å². The van der Waals surface area contributed by atoms with Gasteiger partial charge < -0.3 is 10.2 Å². The number of carbonyl (C=O) groups is 2. The molecule has 7 nitrogen and oxygen atoms in total. The third-order valence-electron chi connectivity index (χ3n) is 6.43. The van der Waals surface area contributed by atoms with Crippen LogP contribution in [0.1, 0.15) is 36.1 Å². The van der Waals surface area contributed by atoms with Gasteiger partial charge in [-0.3, -0.25) is 13.9 Å². The number of aryl methyl sites for hydroxylation is 3. The largest absolute Gasteiger partial charge is 0.355 e. The van der Waals surface area contributed by atoms with Gasteiger partial charge >= 0.3 is 0 Å². The van der Waals surface area contributed by atoms with Crippen LogP contribution in [0.3, 0.4) is 0 Å². The number of benzene rings is 3. The van der Waals surface area contributed by atoms with Crippen LogP contribution in [-0.4, -0.2) is 44.3 Å². The number of amides is 2. The Morgan fingerprint density at radius 3 is 2.24 bits per heavy atom. The molecule has 1 unspecified atom stereocenters. The van der Waals surface area contributed by atoms with Crippen LogP contribution >= 0.6 is 15.9 Å². The van der Waals surface area contributed by atoms with E-state index in [1.807, 2.05) is 51.1 Å². The minimum absolute atomic E-state index is 0.0874. The summed E-state index contributed by atoms with van der Waals surface area (Å²) in [6.45, 7) is 9.27. The number of hydrogen-bond donors (Lipinski definition) is 1. The van der Waals surface area contributed by atoms with Crippen LogP contribution in [0.2, 0.25) is 0 Å². The molecule has 0 saturated heterocycles. The Balaban J connectivity index is 2.06. The molecule has 2 amide bonds. The first-order valence-corrected chi connectivity index (χ1v) is 14.7. The van der Waals surface area contributed by atoms with Gasteiger partial charge in [0.1, 0.15) is 12.6 Å². The Morgan fingerprint density at radius 2 is 1.63 bits per heavy atom. The lowest BCUT2D eigenvalue weighted by Gasteiger charge is -2.32. The van der Waals surface area contributed by atoms with Crippen molar-refractivity contribution in [1.29, 1.82) is 0 Å². The summed E-state index contributed by atoms with van der Waals surface area (Å²) in [4.78, 5) is 28.2. The Morgan fingerprint density at radius 1 is 0.947 bits per heavy atom. The van der Waals surface area contributed by atoms with E-state index < -0.39 is 28.5 Å². The summed E-state index contributed by atoms with van der Waals surface area (Å²) >= 11 is 3.45. The van der Waals surface area contributed by atoms with Crippen molar-refractivity contribution in [1.82, 2.24) is 10.2 Å². The average molecular weight is 601 g/mol. The van der Waals surface area contributed by atoms with E-state index in [1.165, 1.54) is 4.90 Å². The first-order valence-electron chi connectivity index (χ1n) is 12.4. The summed E-state index contributed by atoms with van der Waals surface area (Å²) in [6, 6.07) is 18.5. The van der Waals surface area contributed by atoms with Gasteiger partial charge in [0.2, 0.25) is 11.8 Å². The highest BCUT2D eigenvalue weighted by molar-refractivity contribution is 9.10. The van der Waals surface area contributed by atoms with Gasteiger partial charge in [-0.15, -0.1) is 0 Å². The zero-order valence-electron chi connectivity index (χ0n) is 22.4. The van der Waals surface area contributed by atoms with Crippen molar-refractivity contribution >= 4 is 43.5 Å². The van der Waals surface area contributed by atoms with Crippen molar-refractivity contribution in [3.8, 4) is 0 Å². The van der Waals surface area contributed by atoms with E-state index in [4.69, 9.17) is 0 Å². The molecule has 3 aromatic carbocycles. The summed E-state index contributed by atoms with van der Waals surface area (Å²) < 4.78 is 29.7. The molecule has 0 aliphatic rings. The molecule has 202 valence electrons. The number of rotatable bonds is 10. The number of hydrogen-bond acceptors (Lipinski definition) is 4. The molecule has 0 heterocycles. The van der Waals surface area contributed by atoms with Gasteiger partial charge in [-0.1, -0.05) is 51.8 Å². The Kier molecular flexibility index (Phi) is 9.73.